The number of hydrogen-bond acceptors (Lipinski definition) is 2. The van der Waals surface area contributed by atoms with Crippen molar-refractivity contribution in [1.29, 1.82) is 0 Å². The molecule has 0 unspecified atom stereocenters. The molecule has 0 aromatic heterocycles. The number of benzene rings is 1. The van der Waals surface area contributed by atoms with E-state index in [1.54, 1.807) is 0 Å². The molecule has 2 atom stereocenters. The largest absolute Gasteiger partial charge is 0.395 e. The molecule has 0 fully saturated rings. The Morgan fingerprint density at radius 2 is 1.91 bits per heavy atom. The van der Waals surface area contributed by atoms with E-state index in [-0.39, 0.29) is 12.6 Å². The third-order valence-corrected chi connectivity index (χ3v) is 5.17. The highest BCUT2D eigenvalue weighted by atomic mass is 16.3. The van der Waals surface area contributed by atoms with Gasteiger partial charge in [0, 0.05) is 6.04 Å². The van der Waals surface area contributed by atoms with Crippen LogP contribution in [-0.4, -0.2) is 17.8 Å². The van der Waals surface area contributed by atoms with Gasteiger partial charge in [0.2, 0.25) is 0 Å². The maximum absolute atomic E-state index is 9.23. The summed E-state index contributed by atoms with van der Waals surface area (Å²) in [6.45, 7) is 2.38. The monoisotopic (exact) mass is 303 g/mol. The minimum Gasteiger partial charge on any atom is -0.395 e. The van der Waals surface area contributed by atoms with Crippen LogP contribution >= 0.6 is 0 Å². The van der Waals surface area contributed by atoms with Gasteiger partial charge in [0.1, 0.15) is 0 Å². The molecule has 0 spiro atoms. The van der Waals surface area contributed by atoms with Crippen LogP contribution in [0, 0.1) is 5.92 Å². The Bertz CT molecular complexity index is 443. The van der Waals surface area contributed by atoms with Gasteiger partial charge in [-0.1, -0.05) is 57.2 Å². The van der Waals surface area contributed by atoms with Crippen molar-refractivity contribution >= 4 is 0 Å². The van der Waals surface area contributed by atoms with Gasteiger partial charge >= 0.3 is 0 Å². The van der Waals surface area contributed by atoms with Crippen molar-refractivity contribution in [2.24, 2.45) is 11.7 Å². The van der Waals surface area contributed by atoms with Crippen molar-refractivity contribution in [1.82, 2.24) is 0 Å². The highest BCUT2D eigenvalue weighted by Crippen LogP contribution is 2.28. The number of hydrogen-bond donors (Lipinski definition) is 2. The molecule has 2 rings (SSSR count). The van der Waals surface area contributed by atoms with E-state index in [0.29, 0.717) is 5.92 Å². The van der Waals surface area contributed by atoms with Gasteiger partial charge in [0.05, 0.1) is 6.61 Å². The summed E-state index contributed by atoms with van der Waals surface area (Å²) >= 11 is 0. The van der Waals surface area contributed by atoms with E-state index in [1.807, 2.05) is 0 Å². The first-order chi connectivity index (χ1) is 10.7. The van der Waals surface area contributed by atoms with E-state index in [9.17, 15) is 5.11 Å². The van der Waals surface area contributed by atoms with Gasteiger partial charge in [-0.05, 0) is 54.7 Å². The van der Waals surface area contributed by atoms with Crippen LogP contribution in [0.3, 0.4) is 0 Å². The molecular weight excluding hydrogens is 270 g/mol. The molecule has 22 heavy (non-hydrogen) atoms. The van der Waals surface area contributed by atoms with E-state index < -0.39 is 0 Å². The van der Waals surface area contributed by atoms with Crippen LogP contribution in [0.25, 0.3) is 0 Å². The quantitative estimate of drug-likeness (QED) is 0.677. The molecule has 0 bridgehead atoms. The average Bonchev–Trinajstić information content (AvgIpc) is 2.56. The third kappa shape index (κ3) is 5.10. The Morgan fingerprint density at radius 3 is 2.68 bits per heavy atom. The van der Waals surface area contributed by atoms with Crippen LogP contribution in [0.15, 0.2) is 18.2 Å². The van der Waals surface area contributed by atoms with Gasteiger partial charge in [-0.2, -0.15) is 0 Å². The summed E-state index contributed by atoms with van der Waals surface area (Å²) in [6.07, 6.45) is 12.7. The van der Waals surface area contributed by atoms with Gasteiger partial charge in [-0.3, -0.25) is 0 Å². The first-order valence-electron chi connectivity index (χ1n) is 9.21. The zero-order valence-corrected chi connectivity index (χ0v) is 14.2. The summed E-state index contributed by atoms with van der Waals surface area (Å²) in [6, 6.07) is 6.97. The standard InChI is InChI=1S/C20H33NO/c1-2-3-4-5-6-7-8-16-9-10-18-14-19(20(21)15-22)12-11-17(18)13-16/h9-10,13,19-20,22H,2-8,11-12,14-15,21H2,1H3/t19-,20+/m1/s1. The van der Waals surface area contributed by atoms with Crippen molar-refractivity contribution in [2.75, 3.05) is 6.61 Å². The lowest BCUT2D eigenvalue weighted by Gasteiger charge is -2.28. The lowest BCUT2D eigenvalue weighted by molar-refractivity contribution is 0.216. The van der Waals surface area contributed by atoms with Crippen molar-refractivity contribution in [2.45, 2.75) is 77.2 Å². The number of rotatable bonds is 9. The molecule has 3 N–H and O–H groups in total. The molecule has 0 heterocycles. The first-order valence-corrected chi connectivity index (χ1v) is 9.21. The van der Waals surface area contributed by atoms with E-state index in [2.05, 4.69) is 25.1 Å². The van der Waals surface area contributed by atoms with Gasteiger partial charge in [-0.15, -0.1) is 0 Å². The second kappa shape index (κ2) is 9.32. The lowest BCUT2D eigenvalue weighted by Crippen LogP contribution is -2.36. The van der Waals surface area contributed by atoms with Crippen molar-refractivity contribution in [3.05, 3.63) is 34.9 Å². The number of nitrogens with two attached hydrogens (primary N) is 1. The zero-order valence-electron chi connectivity index (χ0n) is 14.2. The van der Waals surface area contributed by atoms with Gasteiger partial charge in [-0.25, -0.2) is 0 Å². The smallest absolute Gasteiger partial charge is 0.0585 e. The van der Waals surface area contributed by atoms with Gasteiger partial charge in [0.25, 0.3) is 0 Å². The molecule has 0 saturated heterocycles. The number of aliphatic hydroxyl groups is 1. The number of aryl methyl sites for hydroxylation is 2. The predicted molar refractivity (Wildman–Crippen MR) is 94.1 cm³/mol. The molecule has 0 radical (unpaired) electrons. The normalized spacial score (nSPS) is 19.0. The van der Waals surface area contributed by atoms with E-state index in [0.717, 1.165) is 19.3 Å². The van der Waals surface area contributed by atoms with Crippen LogP contribution in [-0.2, 0) is 19.3 Å². The molecule has 1 aliphatic carbocycles. The second-order valence-electron chi connectivity index (χ2n) is 6.97. The molecule has 0 saturated carbocycles. The molecule has 1 aliphatic rings. The molecular formula is C20H33NO. The summed E-state index contributed by atoms with van der Waals surface area (Å²) in [4.78, 5) is 0. The lowest BCUT2D eigenvalue weighted by atomic mass is 9.79. The Kier molecular flexibility index (Phi) is 7.41. The van der Waals surface area contributed by atoms with E-state index in [1.165, 1.54) is 61.6 Å². The van der Waals surface area contributed by atoms with Crippen LogP contribution in [0.1, 0.15) is 68.6 Å². The zero-order chi connectivity index (χ0) is 15.8. The fraction of sp³-hybridized carbons (Fsp3) is 0.700. The van der Waals surface area contributed by atoms with Crippen LogP contribution in [0.2, 0.25) is 0 Å². The Balaban J connectivity index is 1.80. The predicted octanol–water partition coefficient (Wildman–Crippen LogP) is 4.01. The highest BCUT2D eigenvalue weighted by Gasteiger charge is 2.23. The summed E-state index contributed by atoms with van der Waals surface area (Å²) in [7, 11) is 0. The number of fused-ring (bicyclic) bond motifs is 1. The maximum Gasteiger partial charge on any atom is 0.0585 e. The minimum atomic E-state index is -0.0593. The summed E-state index contributed by atoms with van der Waals surface area (Å²) in [5.74, 6) is 0.446. The van der Waals surface area contributed by atoms with E-state index >= 15 is 0 Å². The minimum absolute atomic E-state index is 0.0593. The fourth-order valence-corrected chi connectivity index (χ4v) is 3.62. The number of aliphatic hydroxyl groups excluding tert-OH is 1. The SMILES string of the molecule is CCCCCCCCc1ccc2c(c1)CC[C@@H]([C@@H](N)CO)C2. The molecule has 0 amide bonds. The van der Waals surface area contributed by atoms with Crippen LogP contribution in [0.5, 0.6) is 0 Å². The maximum atomic E-state index is 9.23. The number of unbranched alkanes of at least 4 members (excludes halogenated alkanes) is 5. The summed E-state index contributed by atoms with van der Waals surface area (Å²) in [5, 5.41) is 9.23. The van der Waals surface area contributed by atoms with Crippen LogP contribution < -0.4 is 5.73 Å². The van der Waals surface area contributed by atoms with Crippen molar-refractivity contribution in [3.8, 4) is 0 Å². The van der Waals surface area contributed by atoms with E-state index in [4.69, 9.17) is 5.73 Å². The second-order valence-corrected chi connectivity index (χ2v) is 6.97. The Hall–Kier alpha value is -0.860. The molecule has 124 valence electrons. The average molecular weight is 303 g/mol. The highest BCUT2D eigenvalue weighted by molar-refractivity contribution is 5.34. The topological polar surface area (TPSA) is 46.2 Å². The molecule has 2 heteroatoms. The molecule has 2 nitrogen and oxygen atoms in total. The van der Waals surface area contributed by atoms with Gasteiger partial charge in [0.15, 0.2) is 0 Å². The third-order valence-electron chi connectivity index (χ3n) is 5.17. The Labute approximate surface area is 136 Å². The van der Waals surface area contributed by atoms with Crippen molar-refractivity contribution < 1.29 is 5.11 Å². The molecule has 1 aromatic carbocycles. The van der Waals surface area contributed by atoms with Gasteiger partial charge < -0.3 is 10.8 Å². The Morgan fingerprint density at radius 1 is 1.14 bits per heavy atom. The molecule has 1 aromatic rings. The first kappa shape index (κ1) is 17.5. The summed E-state index contributed by atoms with van der Waals surface area (Å²) < 4.78 is 0. The van der Waals surface area contributed by atoms with Crippen molar-refractivity contribution in [3.63, 3.8) is 0 Å². The van der Waals surface area contributed by atoms with Crippen LogP contribution in [0.4, 0.5) is 0 Å². The molecule has 0 aliphatic heterocycles. The fourth-order valence-electron chi connectivity index (χ4n) is 3.62. The summed E-state index contributed by atoms with van der Waals surface area (Å²) in [5.41, 5.74) is 10.5.